The third-order valence-corrected chi connectivity index (χ3v) is 4.64. The zero-order valence-electron chi connectivity index (χ0n) is 15.8. The Labute approximate surface area is 163 Å². The summed E-state index contributed by atoms with van der Waals surface area (Å²) < 4.78 is 10.6. The van der Waals surface area contributed by atoms with Crippen molar-refractivity contribution in [2.45, 2.75) is 25.3 Å². The minimum atomic E-state index is -1.01. The number of carboxylic acids is 1. The second-order valence-corrected chi connectivity index (χ2v) is 6.37. The molecule has 1 N–H and O–H groups in total. The highest BCUT2D eigenvalue weighted by atomic mass is 16.5. The van der Waals surface area contributed by atoms with Gasteiger partial charge in [-0.1, -0.05) is 18.2 Å². The van der Waals surface area contributed by atoms with Crippen molar-refractivity contribution in [3.05, 3.63) is 59.7 Å². The molecule has 0 radical (unpaired) electrons. The second kappa shape index (κ2) is 8.56. The first-order valence-corrected chi connectivity index (χ1v) is 8.92. The minimum absolute atomic E-state index is 0.111. The number of amides is 1. The van der Waals surface area contributed by atoms with E-state index in [0.717, 1.165) is 22.6 Å². The van der Waals surface area contributed by atoms with E-state index in [0.29, 0.717) is 12.2 Å². The van der Waals surface area contributed by atoms with Crippen molar-refractivity contribution in [2.24, 2.45) is 5.10 Å². The first kappa shape index (κ1) is 19.4. The molecule has 7 nitrogen and oxygen atoms in total. The molecule has 28 heavy (non-hydrogen) atoms. The number of aliphatic carboxylic acids is 1. The third-order valence-electron chi connectivity index (χ3n) is 4.64. The lowest BCUT2D eigenvalue weighted by molar-refractivity contribution is -0.141. The highest BCUT2D eigenvalue weighted by Crippen LogP contribution is 2.37. The molecule has 1 aliphatic heterocycles. The Bertz CT molecular complexity index is 892. The summed E-state index contributed by atoms with van der Waals surface area (Å²) >= 11 is 0. The van der Waals surface area contributed by atoms with Crippen molar-refractivity contribution >= 4 is 17.6 Å². The van der Waals surface area contributed by atoms with Gasteiger partial charge in [-0.3, -0.25) is 9.59 Å². The molecule has 7 heteroatoms. The number of benzene rings is 2. The molecule has 0 unspecified atom stereocenters. The fourth-order valence-electron chi connectivity index (χ4n) is 3.21. The van der Waals surface area contributed by atoms with Gasteiger partial charge in [-0.15, -0.1) is 0 Å². The molecule has 0 aliphatic carbocycles. The quantitative estimate of drug-likeness (QED) is 0.794. The van der Waals surface area contributed by atoms with Crippen molar-refractivity contribution in [3.63, 3.8) is 0 Å². The lowest BCUT2D eigenvalue weighted by Crippen LogP contribution is -2.27. The summed E-state index contributed by atoms with van der Waals surface area (Å²) in [5.41, 5.74) is 2.47. The van der Waals surface area contributed by atoms with E-state index in [1.54, 1.807) is 14.2 Å². The summed E-state index contributed by atoms with van der Waals surface area (Å²) in [6, 6.07) is 14.6. The molecular weight excluding hydrogens is 360 g/mol. The van der Waals surface area contributed by atoms with Crippen LogP contribution in [-0.2, 0) is 9.59 Å². The van der Waals surface area contributed by atoms with Crippen LogP contribution in [0.5, 0.6) is 11.5 Å². The zero-order valence-corrected chi connectivity index (χ0v) is 15.8. The summed E-state index contributed by atoms with van der Waals surface area (Å²) in [5, 5.41) is 14.8. The normalized spacial score (nSPS) is 15.9. The maximum Gasteiger partial charge on any atom is 0.303 e. The highest BCUT2D eigenvalue weighted by Gasteiger charge is 2.34. The molecule has 146 valence electrons. The van der Waals surface area contributed by atoms with Crippen LogP contribution in [0.15, 0.2) is 53.6 Å². The fourth-order valence-corrected chi connectivity index (χ4v) is 3.21. The molecule has 0 spiro atoms. The Morgan fingerprint density at radius 3 is 2.43 bits per heavy atom. The van der Waals surface area contributed by atoms with Gasteiger partial charge in [0.1, 0.15) is 11.5 Å². The SMILES string of the molecule is COc1ccc(C2=NN(C(=O)CCC(=O)O)[C@H](c3ccccc3OC)C2)cc1. The summed E-state index contributed by atoms with van der Waals surface area (Å²) in [6.07, 6.45) is 0.160. The van der Waals surface area contributed by atoms with Crippen LogP contribution in [0.2, 0.25) is 0 Å². The van der Waals surface area contributed by atoms with Gasteiger partial charge in [0.05, 0.1) is 32.4 Å². The van der Waals surface area contributed by atoms with E-state index in [-0.39, 0.29) is 24.8 Å². The molecule has 1 atom stereocenters. The lowest BCUT2D eigenvalue weighted by Gasteiger charge is -2.23. The minimum Gasteiger partial charge on any atom is -0.497 e. The third kappa shape index (κ3) is 4.14. The molecule has 1 heterocycles. The number of nitrogens with zero attached hydrogens (tertiary/aromatic N) is 2. The lowest BCUT2D eigenvalue weighted by atomic mass is 9.97. The second-order valence-electron chi connectivity index (χ2n) is 6.37. The van der Waals surface area contributed by atoms with Crippen LogP contribution in [0.3, 0.4) is 0 Å². The molecule has 0 saturated heterocycles. The van der Waals surface area contributed by atoms with E-state index in [9.17, 15) is 9.59 Å². The van der Waals surface area contributed by atoms with Gasteiger partial charge in [0.15, 0.2) is 0 Å². The van der Waals surface area contributed by atoms with Crippen molar-refractivity contribution in [1.82, 2.24) is 5.01 Å². The molecule has 2 aromatic rings. The maximum atomic E-state index is 12.7. The summed E-state index contributed by atoms with van der Waals surface area (Å²) in [6.45, 7) is 0. The molecule has 2 aromatic carbocycles. The van der Waals surface area contributed by atoms with Crippen LogP contribution in [0.4, 0.5) is 0 Å². The average molecular weight is 382 g/mol. The topological polar surface area (TPSA) is 88.4 Å². The van der Waals surface area contributed by atoms with Gasteiger partial charge in [0, 0.05) is 18.4 Å². The van der Waals surface area contributed by atoms with Crippen LogP contribution in [0, 0.1) is 0 Å². The van der Waals surface area contributed by atoms with Gasteiger partial charge in [-0.25, -0.2) is 5.01 Å². The van der Waals surface area contributed by atoms with Crippen LogP contribution in [0.25, 0.3) is 0 Å². The Kier molecular flexibility index (Phi) is 5.93. The summed E-state index contributed by atoms with van der Waals surface area (Å²) in [7, 11) is 3.18. The first-order chi connectivity index (χ1) is 13.5. The van der Waals surface area contributed by atoms with E-state index in [1.165, 1.54) is 5.01 Å². The predicted octanol–water partition coefficient (Wildman–Crippen LogP) is 3.25. The van der Waals surface area contributed by atoms with Gasteiger partial charge in [0.2, 0.25) is 5.91 Å². The molecular formula is C21H22N2O5. The summed E-state index contributed by atoms with van der Waals surface area (Å²) in [4.78, 5) is 23.6. The Balaban J connectivity index is 1.93. The molecule has 1 aliphatic rings. The number of methoxy groups -OCH3 is 2. The van der Waals surface area contributed by atoms with Crippen LogP contribution in [-0.4, -0.2) is 41.9 Å². The van der Waals surface area contributed by atoms with Gasteiger partial charge >= 0.3 is 5.97 Å². The molecule has 0 bridgehead atoms. The van der Waals surface area contributed by atoms with E-state index in [1.807, 2.05) is 48.5 Å². The predicted molar refractivity (Wildman–Crippen MR) is 104 cm³/mol. The first-order valence-electron chi connectivity index (χ1n) is 8.92. The molecule has 1 amide bonds. The van der Waals surface area contributed by atoms with Gasteiger partial charge in [-0.2, -0.15) is 5.10 Å². The van der Waals surface area contributed by atoms with Crippen LogP contribution < -0.4 is 9.47 Å². The van der Waals surface area contributed by atoms with E-state index >= 15 is 0 Å². The standard InChI is InChI=1S/C21H22N2O5/c1-27-15-9-7-14(8-10-15)17-13-18(16-5-3-4-6-19(16)28-2)23(22-17)20(24)11-12-21(25)26/h3-10,18H,11-13H2,1-2H3,(H,25,26)/t18-/m0/s1. The number of carboxylic acid groups (broad SMARTS) is 1. The number of hydrogen-bond donors (Lipinski definition) is 1. The van der Waals surface area contributed by atoms with E-state index in [4.69, 9.17) is 14.6 Å². The van der Waals surface area contributed by atoms with E-state index in [2.05, 4.69) is 5.10 Å². The monoisotopic (exact) mass is 382 g/mol. The summed E-state index contributed by atoms with van der Waals surface area (Å²) in [5.74, 6) is 0.0512. The van der Waals surface area contributed by atoms with Crippen molar-refractivity contribution in [2.75, 3.05) is 14.2 Å². The molecule has 0 aromatic heterocycles. The number of ether oxygens (including phenoxy) is 2. The Morgan fingerprint density at radius 1 is 1.07 bits per heavy atom. The number of hydrogen-bond acceptors (Lipinski definition) is 5. The van der Waals surface area contributed by atoms with Crippen molar-refractivity contribution < 1.29 is 24.2 Å². The Morgan fingerprint density at radius 2 is 1.79 bits per heavy atom. The number of para-hydroxylation sites is 1. The van der Waals surface area contributed by atoms with Gasteiger partial charge in [-0.05, 0) is 35.9 Å². The van der Waals surface area contributed by atoms with Gasteiger partial charge in [0.25, 0.3) is 0 Å². The molecule has 0 saturated carbocycles. The fraction of sp³-hybridized carbons (Fsp3) is 0.286. The van der Waals surface area contributed by atoms with Crippen LogP contribution in [0.1, 0.15) is 36.4 Å². The Hall–Kier alpha value is -3.35. The number of carbonyl (C=O) groups excluding carboxylic acids is 1. The smallest absolute Gasteiger partial charge is 0.303 e. The number of carbonyl (C=O) groups is 2. The number of rotatable bonds is 7. The maximum absolute atomic E-state index is 12.7. The largest absolute Gasteiger partial charge is 0.497 e. The van der Waals surface area contributed by atoms with Crippen LogP contribution >= 0.6 is 0 Å². The van der Waals surface area contributed by atoms with Gasteiger partial charge < -0.3 is 14.6 Å². The average Bonchev–Trinajstić information content (AvgIpc) is 3.17. The molecule has 0 fully saturated rings. The highest BCUT2D eigenvalue weighted by molar-refractivity contribution is 6.03. The van der Waals surface area contributed by atoms with E-state index < -0.39 is 5.97 Å². The molecule has 3 rings (SSSR count). The van der Waals surface area contributed by atoms with Crippen molar-refractivity contribution in [1.29, 1.82) is 0 Å². The van der Waals surface area contributed by atoms with Crippen molar-refractivity contribution in [3.8, 4) is 11.5 Å². The number of hydrazone groups is 1. The zero-order chi connectivity index (χ0) is 20.1.